The number of carboxylic acids is 1. The van der Waals surface area contributed by atoms with Crippen LogP contribution in [0, 0.1) is 6.92 Å². The molecule has 1 aliphatic rings. The summed E-state index contributed by atoms with van der Waals surface area (Å²) in [5.41, 5.74) is 4.61. The van der Waals surface area contributed by atoms with Crippen molar-refractivity contribution in [2.24, 2.45) is 0 Å². The van der Waals surface area contributed by atoms with Gasteiger partial charge in [0, 0.05) is 28.3 Å². The van der Waals surface area contributed by atoms with Crippen molar-refractivity contribution in [3.8, 4) is 0 Å². The second-order valence-electron chi connectivity index (χ2n) is 12.8. The average molecular weight is 753 g/mol. The topological polar surface area (TPSA) is 151 Å². The molecule has 0 aromatic heterocycles. The number of anilines is 1. The molecule has 4 N–H and O–H groups in total. The number of aliphatic hydroxyl groups excluding tert-OH is 1. The van der Waals surface area contributed by atoms with Gasteiger partial charge in [0.05, 0.1) is 29.3 Å². The SMILES string of the molecule is Cc1ccc(S(=O)(=O)N[C@H](Cc2ccccc2)C(=O)Nc2cccc([C@@H]3O[C@H](CSc4ccccc4C(=O)O)C[C@H](c4ccc(CO)cc4)O3)c2)cc1. The van der Waals surface area contributed by atoms with Gasteiger partial charge in [0.25, 0.3) is 0 Å². The highest BCUT2D eigenvalue weighted by Crippen LogP contribution is 2.40. The maximum absolute atomic E-state index is 13.8. The van der Waals surface area contributed by atoms with Gasteiger partial charge in [0.15, 0.2) is 6.29 Å². The van der Waals surface area contributed by atoms with E-state index in [1.54, 1.807) is 54.6 Å². The van der Waals surface area contributed by atoms with Gasteiger partial charge in [0.1, 0.15) is 6.04 Å². The monoisotopic (exact) mass is 752 g/mol. The normalized spacial score (nSPS) is 17.9. The molecule has 53 heavy (non-hydrogen) atoms. The van der Waals surface area contributed by atoms with Crippen LogP contribution in [0.3, 0.4) is 0 Å². The van der Waals surface area contributed by atoms with E-state index in [1.165, 1.54) is 23.9 Å². The highest BCUT2D eigenvalue weighted by atomic mass is 32.2. The maximum Gasteiger partial charge on any atom is 0.336 e. The molecule has 12 heteroatoms. The van der Waals surface area contributed by atoms with E-state index in [9.17, 15) is 28.2 Å². The summed E-state index contributed by atoms with van der Waals surface area (Å²) in [7, 11) is -4.03. The predicted octanol–water partition coefficient (Wildman–Crippen LogP) is 7.05. The molecule has 4 atom stereocenters. The van der Waals surface area contributed by atoms with Crippen molar-refractivity contribution in [2.75, 3.05) is 11.1 Å². The third kappa shape index (κ3) is 9.99. The van der Waals surface area contributed by atoms with Gasteiger partial charge in [-0.2, -0.15) is 4.72 Å². The van der Waals surface area contributed by atoms with Crippen molar-refractivity contribution in [3.05, 3.63) is 161 Å². The second kappa shape index (κ2) is 17.3. The van der Waals surface area contributed by atoms with Crippen LogP contribution < -0.4 is 10.0 Å². The van der Waals surface area contributed by atoms with Crippen LogP contribution in [0.2, 0.25) is 0 Å². The van der Waals surface area contributed by atoms with Crippen LogP contribution in [0.4, 0.5) is 5.69 Å². The van der Waals surface area contributed by atoms with E-state index in [4.69, 9.17) is 9.47 Å². The van der Waals surface area contributed by atoms with Gasteiger partial charge in [-0.15, -0.1) is 11.8 Å². The fourth-order valence-electron chi connectivity index (χ4n) is 5.98. The molecule has 0 aliphatic carbocycles. The third-order valence-electron chi connectivity index (χ3n) is 8.81. The molecule has 6 rings (SSSR count). The molecule has 1 amide bonds. The Kier molecular flexibility index (Phi) is 12.4. The number of aliphatic hydroxyl groups is 1. The fraction of sp³-hybridized carbons (Fsp3) is 0.220. The van der Waals surface area contributed by atoms with Gasteiger partial charge < -0.3 is 25.0 Å². The lowest BCUT2D eigenvalue weighted by atomic mass is 10.0. The molecule has 0 radical (unpaired) electrons. The molecule has 0 bridgehead atoms. The molecule has 5 aromatic rings. The lowest BCUT2D eigenvalue weighted by Gasteiger charge is -2.36. The first-order chi connectivity index (χ1) is 25.6. The summed E-state index contributed by atoms with van der Waals surface area (Å²) in [6.45, 7) is 1.78. The first-order valence-corrected chi connectivity index (χ1v) is 19.5. The Morgan fingerprint density at radius 2 is 1.55 bits per heavy atom. The van der Waals surface area contributed by atoms with Crippen molar-refractivity contribution < 1.29 is 37.7 Å². The van der Waals surface area contributed by atoms with Crippen LogP contribution in [-0.4, -0.2) is 48.4 Å². The van der Waals surface area contributed by atoms with Crippen LogP contribution in [0.25, 0.3) is 0 Å². The molecule has 1 fully saturated rings. The highest BCUT2D eigenvalue weighted by molar-refractivity contribution is 7.99. The standard InChI is InChI=1S/C41H40N2O8S2/c1-27-14-20-34(21-15-27)53(48,49)43-36(22-28-8-3-2-4-9-28)39(45)42-32-11-7-10-31(23-32)41-50-33(26-52-38-13-6-5-12-35(38)40(46)47)24-37(51-41)30-18-16-29(25-44)17-19-30/h2-21,23,33,36-37,41,43-44H,22,24-26H2,1H3,(H,42,45)(H,46,47)/t33-,36+,37+,41+/m0/s1. The zero-order chi connectivity index (χ0) is 37.4. The summed E-state index contributed by atoms with van der Waals surface area (Å²) in [6, 6.07) is 35.8. The van der Waals surface area contributed by atoms with E-state index in [-0.39, 0.29) is 35.7 Å². The van der Waals surface area contributed by atoms with Crippen molar-refractivity contribution in [1.82, 2.24) is 4.72 Å². The Morgan fingerprint density at radius 3 is 2.26 bits per heavy atom. The molecule has 1 aliphatic heterocycles. The summed E-state index contributed by atoms with van der Waals surface area (Å²) >= 11 is 1.39. The van der Waals surface area contributed by atoms with E-state index >= 15 is 0 Å². The van der Waals surface area contributed by atoms with Gasteiger partial charge in [-0.25, -0.2) is 13.2 Å². The van der Waals surface area contributed by atoms with E-state index in [0.717, 1.165) is 22.3 Å². The third-order valence-corrected chi connectivity index (χ3v) is 11.5. The number of nitrogens with one attached hydrogen (secondary N) is 2. The summed E-state index contributed by atoms with van der Waals surface area (Å²) in [5.74, 6) is -1.09. The summed E-state index contributed by atoms with van der Waals surface area (Å²) in [4.78, 5) is 26.4. The number of ether oxygens (including phenoxy) is 2. The number of benzene rings is 5. The molecule has 274 valence electrons. The molecular weight excluding hydrogens is 713 g/mol. The zero-order valence-electron chi connectivity index (χ0n) is 28.9. The van der Waals surface area contributed by atoms with Crippen molar-refractivity contribution in [2.45, 2.75) is 60.7 Å². The van der Waals surface area contributed by atoms with Crippen LogP contribution >= 0.6 is 11.8 Å². The van der Waals surface area contributed by atoms with Gasteiger partial charge in [-0.3, -0.25) is 4.79 Å². The zero-order valence-corrected chi connectivity index (χ0v) is 30.6. The number of carboxylic acid groups (broad SMARTS) is 1. The van der Waals surface area contributed by atoms with Gasteiger partial charge in [0.2, 0.25) is 15.9 Å². The Morgan fingerprint density at radius 1 is 0.830 bits per heavy atom. The van der Waals surface area contributed by atoms with Crippen molar-refractivity contribution in [3.63, 3.8) is 0 Å². The highest BCUT2D eigenvalue weighted by Gasteiger charge is 2.33. The van der Waals surface area contributed by atoms with Crippen LogP contribution in [0.5, 0.6) is 0 Å². The van der Waals surface area contributed by atoms with Gasteiger partial charge in [-0.1, -0.05) is 96.6 Å². The molecule has 10 nitrogen and oxygen atoms in total. The number of aryl methyl sites for hydroxylation is 1. The fourth-order valence-corrected chi connectivity index (χ4v) is 8.24. The number of carbonyl (C=O) groups excluding carboxylic acids is 1. The molecule has 0 unspecified atom stereocenters. The first kappa shape index (κ1) is 37.9. The lowest BCUT2D eigenvalue weighted by Crippen LogP contribution is -2.45. The van der Waals surface area contributed by atoms with Gasteiger partial charge in [-0.05, 0) is 66.4 Å². The number of hydrogen-bond acceptors (Lipinski definition) is 8. The number of sulfonamides is 1. The van der Waals surface area contributed by atoms with E-state index in [2.05, 4.69) is 10.0 Å². The molecular formula is C41H40N2O8S2. The summed E-state index contributed by atoms with van der Waals surface area (Å²) < 4.78 is 42.4. The number of hydrogen-bond donors (Lipinski definition) is 4. The Hall–Kier alpha value is -4.82. The molecule has 0 spiro atoms. The number of amides is 1. The Labute approximate surface area is 313 Å². The average Bonchev–Trinajstić information content (AvgIpc) is 3.17. The van der Waals surface area contributed by atoms with Crippen molar-refractivity contribution in [1.29, 1.82) is 0 Å². The number of thioether (sulfide) groups is 1. The quantitative estimate of drug-likeness (QED) is 0.0875. The van der Waals surface area contributed by atoms with Crippen LogP contribution in [0.15, 0.2) is 137 Å². The first-order valence-electron chi connectivity index (χ1n) is 17.1. The van der Waals surface area contributed by atoms with E-state index in [1.807, 2.05) is 67.6 Å². The van der Waals surface area contributed by atoms with Crippen LogP contribution in [-0.2, 0) is 37.3 Å². The number of carbonyl (C=O) groups is 2. The molecule has 0 saturated carbocycles. The number of aromatic carboxylic acids is 1. The minimum Gasteiger partial charge on any atom is -0.478 e. The van der Waals surface area contributed by atoms with E-state index < -0.39 is 34.2 Å². The minimum absolute atomic E-state index is 0.0577. The Bertz CT molecular complexity index is 2130. The summed E-state index contributed by atoms with van der Waals surface area (Å²) in [6.07, 6.45) is -0.952. The minimum atomic E-state index is -4.03. The number of rotatable bonds is 14. The van der Waals surface area contributed by atoms with E-state index in [0.29, 0.717) is 28.3 Å². The molecule has 5 aromatic carbocycles. The molecule has 1 heterocycles. The maximum atomic E-state index is 13.8. The van der Waals surface area contributed by atoms with Crippen molar-refractivity contribution >= 4 is 39.3 Å². The Balaban J connectivity index is 1.23. The van der Waals surface area contributed by atoms with Gasteiger partial charge >= 0.3 is 5.97 Å². The molecule has 1 saturated heterocycles. The smallest absolute Gasteiger partial charge is 0.336 e. The largest absolute Gasteiger partial charge is 0.478 e. The predicted molar refractivity (Wildman–Crippen MR) is 203 cm³/mol. The van der Waals surface area contributed by atoms with Crippen LogP contribution in [0.1, 0.15) is 57.0 Å². The summed E-state index contributed by atoms with van der Waals surface area (Å²) in [5, 5.41) is 22.2. The lowest BCUT2D eigenvalue weighted by molar-refractivity contribution is -0.245. The second-order valence-corrected chi connectivity index (χ2v) is 15.5.